The van der Waals surface area contributed by atoms with Crippen molar-refractivity contribution in [2.24, 2.45) is 29.1 Å². The number of nitrogens with one attached hydrogen (secondary N) is 2. The molecule has 0 unspecified atom stereocenters. The summed E-state index contributed by atoms with van der Waals surface area (Å²) in [6.45, 7) is 4.87. The first-order valence-electron chi connectivity index (χ1n) is 7.98. The Morgan fingerprint density at radius 2 is 1.89 bits per heavy atom. The molecule has 3 aliphatic carbocycles. The van der Waals surface area contributed by atoms with Crippen molar-refractivity contribution in [3.8, 4) is 0 Å². The number of fused-ring (bicyclic) bond motifs is 5. The molecule has 2 bridgehead atoms. The molecule has 5 atom stereocenters. The van der Waals surface area contributed by atoms with Crippen molar-refractivity contribution in [2.75, 3.05) is 13.6 Å². The van der Waals surface area contributed by atoms with Crippen LogP contribution in [0.4, 0.5) is 0 Å². The van der Waals surface area contributed by atoms with Crippen molar-refractivity contribution in [3.05, 3.63) is 0 Å². The minimum atomic E-state index is -0.300. The van der Waals surface area contributed by atoms with Crippen LogP contribution in [0.2, 0.25) is 0 Å². The Morgan fingerprint density at radius 3 is 2.63 bits per heavy atom. The van der Waals surface area contributed by atoms with Crippen molar-refractivity contribution in [1.29, 1.82) is 0 Å². The zero-order chi connectivity index (χ0) is 13.6. The van der Waals surface area contributed by atoms with Gasteiger partial charge in [0.2, 0.25) is 5.91 Å². The van der Waals surface area contributed by atoms with E-state index < -0.39 is 0 Å². The zero-order valence-electron chi connectivity index (χ0n) is 12.5. The molecular weight excluding hydrogens is 236 g/mol. The molecule has 0 saturated heterocycles. The summed E-state index contributed by atoms with van der Waals surface area (Å²) in [6, 6.07) is 0.674. The largest absolute Gasteiger partial charge is 0.359 e. The molecule has 0 radical (unpaired) electrons. The molecule has 0 aliphatic heterocycles. The molecule has 3 rings (SSSR count). The molecule has 0 aromatic heterocycles. The molecule has 0 aromatic rings. The summed E-state index contributed by atoms with van der Waals surface area (Å²) in [4.78, 5) is 11.8. The van der Waals surface area contributed by atoms with E-state index in [4.69, 9.17) is 0 Å². The second-order valence-electron chi connectivity index (χ2n) is 7.60. The molecule has 3 saturated carbocycles. The predicted octanol–water partition coefficient (Wildman–Crippen LogP) is 2.17. The van der Waals surface area contributed by atoms with Gasteiger partial charge >= 0.3 is 0 Å². The standard InChI is InChI=1S/C16H28N2O/c1-16(2,15(19)17-3)9-18-14-8-10-7-13(14)12-6-4-5-11(10)12/h10-14,18H,4-9H2,1-3H3,(H,17,19)/t10-,11+,12-,13+,14-/m1/s1. The molecule has 3 fully saturated rings. The average molecular weight is 264 g/mol. The van der Waals surface area contributed by atoms with E-state index in [1.165, 1.54) is 32.1 Å². The Kier molecular flexibility index (Phi) is 3.36. The maximum absolute atomic E-state index is 11.8. The van der Waals surface area contributed by atoms with Crippen LogP contribution >= 0.6 is 0 Å². The van der Waals surface area contributed by atoms with Gasteiger partial charge in [-0.3, -0.25) is 4.79 Å². The quantitative estimate of drug-likeness (QED) is 0.817. The normalized spacial score (nSPS) is 40.5. The monoisotopic (exact) mass is 264 g/mol. The molecular formula is C16H28N2O. The van der Waals surface area contributed by atoms with Crippen LogP contribution < -0.4 is 10.6 Å². The topological polar surface area (TPSA) is 41.1 Å². The lowest BCUT2D eigenvalue weighted by Crippen LogP contribution is -2.47. The first-order chi connectivity index (χ1) is 9.03. The van der Waals surface area contributed by atoms with Crippen LogP contribution in [0.15, 0.2) is 0 Å². The fraction of sp³-hybridized carbons (Fsp3) is 0.938. The highest BCUT2D eigenvalue weighted by molar-refractivity contribution is 5.81. The minimum absolute atomic E-state index is 0.141. The molecule has 19 heavy (non-hydrogen) atoms. The van der Waals surface area contributed by atoms with E-state index in [1.807, 2.05) is 13.8 Å². The van der Waals surface area contributed by atoms with E-state index in [0.717, 1.165) is 30.2 Å². The lowest BCUT2D eigenvalue weighted by Gasteiger charge is -2.34. The Balaban J connectivity index is 1.56. The van der Waals surface area contributed by atoms with Crippen LogP contribution in [0.5, 0.6) is 0 Å². The third kappa shape index (κ3) is 2.20. The second-order valence-corrected chi connectivity index (χ2v) is 7.60. The lowest BCUT2D eigenvalue weighted by molar-refractivity contribution is -0.128. The fourth-order valence-corrected chi connectivity index (χ4v) is 5.11. The van der Waals surface area contributed by atoms with Gasteiger partial charge in [0, 0.05) is 19.6 Å². The van der Waals surface area contributed by atoms with Crippen LogP contribution in [0, 0.1) is 29.1 Å². The highest BCUT2D eigenvalue weighted by Gasteiger charge is 2.53. The first-order valence-corrected chi connectivity index (χ1v) is 7.98. The third-order valence-electron chi connectivity index (χ3n) is 6.08. The van der Waals surface area contributed by atoms with Gasteiger partial charge in [0.25, 0.3) is 0 Å². The van der Waals surface area contributed by atoms with E-state index in [0.29, 0.717) is 6.04 Å². The number of rotatable bonds is 4. The van der Waals surface area contributed by atoms with Crippen LogP contribution in [0.1, 0.15) is 46.0 Å². The summed E-state index contributed by atoms with van der Waals surface area (Å²) < 4.78 is 0. The summed E-state index contributed by atoms with van der Waals surface area (Å²) in [5.41, 5.74) is -0.300. The molecule has 0 heterocycles. The molecule has 2 N–H and O–H groups in total. The SMILES string of the molecule is CNC(=O)C(C)(C)CN[C@@H]1C[C@H]2C[C@H]1[C@@H]1CCC[C@@H]21. The van der Waals surface area contributed by atoms with Crippen molar-refractivity contribution >= 4 is 5.91 Å². The van der Waals surface area contributed by atoms with Crippen LogP contribution in [0.25, 0.3) is 0 Å². The number of carbonyl (C=O) groups excluding carboxylic acids is 1. The lowest BCUT2D eigenvalue weighted by atomic mass is 9.78. The van der Waals surface area contributed by atoms with Gasteiger partial charge in [-0.15, -0.1) is 0 Å². The Morgan fingerprint density at radius 1 is 1.16 bits per heavy atom. The van der Waals surface area contributed by atoms with Gasteiger partial charge in [-0.1, -0.05) is 6.42 Å². The Hall–Kier alpha value is -0.570. The van der Waals surface area contributed by atoms with Gasteiger partial charge in [-0.25, -0.2) is 0 Å². The molecule has 3 aliphatic rings. The maximum Gasteiger partial charge on any atom is 0.226 e. The summed E-state index contributed by atoms with van der Waals surface area (Å²) in [5, 5.41) is 6.49. The van der Waals surface area contributed by atoms with E-state index in [9.17, 15) is 4.79 Å². The third-order valence-corrected chi connectivity index (χ3v) is 6.08. The Bertz CT molecular complexity index is 366. The van der Waals surface area contributed by atoms with E-state index in [2.05, 4.69) is 10.6 Å². The molecule has 3 nitrogen and oxygen atoms in total. The van der Waals surface area contributed by atoms with Crippen LogP contribution in [-0.4, -0.2) is 25.5 Å². The van der Waals surface area contributed by atoms with Crippen molar-refractivity contribution < 1.29 is 4.79 Å². The molecule has 0 aromatic carbocycles. The molecule has 3 heteroatoms. The predicted molar refractivity (Wildman–Crippen MR) is 76.7 cm³/mol. The number of hydrogen-bond acceptors (Lipinski definition) is 2. The van der Waals surface area contributed by atoms with Gasteiger partial charge < -0.3 is 10.6 Å². The number of carbonyl (C=O) groups is 1. The van der Waals surface area contributed by atoms with Gasteiger partial charge in [0.05, 0.1) is 5.41 Å². The van der Waals surface area contributed by atoms with Gasteiger partial charge in [0.1, 0.15) is 0 Å². The van der Waals surface area contributed by atoms with Crippen molar-refractivity contribution in [3.63, 3.8) is 0 Å². The summed E-state index contributed by atoms with van der Waals surface area (Å²) in [5.74, 6) is 4.08. The van der Waals surface area contributed by atoms with Crippen LogP contribution in [0.3, 0.4) is 0 Å². The summed E-state index contributed by atoms with van der Waals surface area (Å²) >= 11 is 0. The average Bonchev–Trinajstić information content (AvgIpc) is 3.06. The molecule has 0 spiro atoms. The minimum Gasteiger partial charge on any atom is -0.359 e. The smallest absolute Gasteiger partial charge is 0.226 e. The van der Waals surface area contributed by atoms with Crippen molar-refractivity contribution in [1.82, 2.24) is 10.6 Å². The maximum atomic E-state index is 11.8. The zero-order valence-corrected chi connectivity index (χ0v) is 12.5. The van der Waals surface area contributed by atoms with E-state index in [1.54, 1.807) is 7.05 Å². The fourth-order valence-electron chi connectivity index (χ4n) is 5.11. The van der Waals surface area contributed by atoms with Gasteiger partial charge in [0.15, 0.2) is 0 Å². The van der Waals surface area contributed by atoms with E-state index >= 15 is 0 Å². The first kappa shape index (κ1) is 13.4. The second kappa shape index (κ2) is 4.76. The summed E-state index contributed by atoms with van der Waals surface area (Å²) in [7, 11) is 1.73. The van der Waals surface area contributed by atoms with Gasteiger partial charge in [-0.05, 0) is 63.2 Å². The molecule has 108 valence electrons. The van der Waals surface area contributed by atoms with Gasteiger partial charge in [-0.2, -0.15) is 0 Å². The van der Waals surface area contributed by atoms with Crippen LogP contribution in [-0.2, 0) is 4.79 Å². The number of amides is 1. The molecule has 1 amide bonds. The number of hydrogen-bond donors (Lipinski definition) is 2. The highest BCUT2D eigenvalue weighted by atomic mass is 16.2. The van der Waals surface area contributed by atoms with Crippen molar-refractivity contribution in [2.45, 2.75) is 52.0 Å². The summed E-state index contributed by atoms with van der Waals surface area (Å²) in [6.07, 6.45) is 7.22. The Labute approximate surface area is 116 Å². The van der Waals surface area contributed by atoms with E-state index in [-0.39, 0.29) is 11.3 Å². The highest BCUT2D eigenvalue weighted by Crippen LogP contribution is 2.58.